The Hall–Kier alpha value is -2.51. The molecule has 6 nitrogen and oxygen atoms in total. The van der Waals surface area contributed by atoms with Gasteiger partial charge in [-0.1, -0.05) is 54.2 Å². The number of para-hydroxylation sites is 1. The van der Waals surface area contributed by atoms with Crippen molar-refractivity contribution in [2.45, 2.75) is 36.2 Å². The van der Waals surface area contributed by atoms with Gasteiger partial charge in [-0.2, -0.15) is 0 Å². The van der Waals surface area contributed by atoms with Gasteiger partial charge >= 0.3 is 0 Å². The van der Waals surface area contributed by atoms with E-state index in [1.807, 2.05) is 18.2 Å². The number of methoxy groups -OCH3 is 2. The van der Waals surface area contributed by atoms with Crippen LogP contribution in [0.15, 0.2) is 53.7 Å². The quantitative estimate of drug-likeness (QED) is 0.483. The van der Waals surface area contributed by atoms with Crippen molar-refractivity contribution in [3.05, 3.63) is 65.5 Å². The lowest BCUT2D eigenvalue weighted by molar-refractivity contribution is 0.192. The monoisotopic (exact) mass is 438 g/mol. The van der Waals surface area contributed by atoms with Crippen LogP contribution in [-0.4, -0.2) is 47.0 Å². The molecule has 0 amide bonds. The van der Waals surface area contributed by atoms with Crippen LogP contribution >= 0.6 is 11.8 Å². The van der Waals surface area contributed by atoms with Crippen molar-refractivity contribution in [3.8, 4) is 11.5 Å². The van der Waals surface area contributed by atoms with E-state index in [2.05, 4.69) is 57.0 Å². The number of hydrogen-bond acceptors (Lipinski definition) is 6. The number of rotatable bonds is 8. The fourth-order valence-corrected chi connectivity index (χ4v) is 5.13. The Kier molecular flexibility index (Phi) is 7.14. The van der Waals surface area contributed by atoms with Gasteiger partial charge in [-0.3, -0.25) is 4.90 Å². The topological polar surface area (TPSA) is 52.4 Å². The van der Waals surface area contributed by atoms with Crippen LogP contribution in [0.4, 0.5) is 0 Å². The highest BCUT2D eigenvalue weighted by atomic mass is 32.2. The van der Waals surface area contributed by atoms with Crippen molar-refractivity contribution in [2.24, 2.45) is 7.05 Å². The van der Waals surface area contributed by atoms with Gasteiger partial charge in [0.05, 0.1) is 14.2 Å². The first-order chi connectivity index (χ1) is 15.2. The number of benzene rings is 2. The van der Waals surface area contributed by atoms with Gasteiger partial charge in [-0.25, -0.2) is 0 Å². The average molecular weight is 439 g/mol. The second kappa shape index (κ2) is 10.2. The Bertz CT molecular complexity index is 992. The van der Waals surface area contributed by atoms with Crippen LogP contribution in [0.2, 0.25) is 0 Å². The number of likely N-dealkylation sites (tertiary alicyclic amines) is 1. The third kappa shape index (κ3) is 5.05. The minimum atomic E-state index is 0.383. The Morgan fingerprint density at radius 1 is 1.03 bits per heavy atom. The van der Waals surface area contributed by atoms with Gasteiger partial charge in [0.1, 0.15) is 5.82 Å². The van der Waals surface area contributed by atoms with Crippen LogP contribution in [0.3, 0.4) is 0 Å². The number of nitrogens with zero attached hydrogens (tertiary/aromatic N) is 4. The molecule has 7 heteroatoms. The van der Waals surface area contributed by atoms with E-state index in [4.69, 9.17) is 9.47 Å². The lowest BCUT2D eigenvalue weighted by Crippen LogP contribution is -2.35. The molecule has 164 valence electrons. The summed E-state index contributed by atoms with van der Waals surface area (Å²) in [5.74, 6) is 3.97. The molecule has 3 aromatic rings. The first kappa shape index (κ1) is 21.7. The molecule has 0 N–H and O–H groups in total. The molecule has 1 atom stereocenters. The fraction of sp³-hybridized carbons (Fsp3) is 0.417. The molecule has 0 spiro atoms. The van der Waals surface area contributed by atoms with Crippen molar-refractivity contribution in [1.29, 1.82) is 0 Å². The minimum absolute atomic E-state index is 0.383. The molecule has 4 rings (SSSR count). The summed E-state index contributed by atoms with van der Waals surface area (Å²) in [6, 6.07) is 16.6. The second-order valence-electron chi connectivity index (χ2n) is 7.90. The smallest absolute Gasteiger partial charge is 0.191 e. The minimum Gasteiger partial charge on any atom is -0.493 e. The Balaban J connectivity index is 1.43. The van der Waals surface area contributed by atoms with Crippen LogP contribution in [0.5, 0.6) is 11.5 Å². The molecule has 2 heterocycles. The van der Waals surface area contributed by atoms with Crippen LogP contribution in [0.25, 0.3) is 0 Å². The summed E-state index contributed by atoms with van der Waals surface area (Å²) in [6.07, 6.45) is 2.29. The molecule has 0 radical (unpaired) electrons. The number of piperidine rings is 1. The number of thioether (sulfide) groups is 1. The third-order valence-corrected chi connectivity index (χ3v) is 6.92. The van der Waals surface area contributed by atoms with Crippen LogP contribution < -0.4 is 9.47 Å². The zero-order valence-corrected chi connectivity index (χ0v) is 19.3. The molecule has 2 aromatic carbocycles. The molecule has 1 aliphatic heterocycles. The van der Waals surface area contributed by atoms with Crippen molar-refractivity contribution in [2.75, 3.05) is 27.3 Å². The first-order valence-corrected chi connectivity index (χ1v) is 11.7. The van der Waals surface area contributed by atoms with E-state index < -0.39 is 0 Å². The maximum atomic E-state index is 5.63. The number of hydrogen-bond donors (Lipinski definition) is 0. The van der Waals surface area contributed by atoms with Gasteiger partial charge in [-0.05, 0) is 31.0 Å². The molecule has 0 bridgehead atoms. The molecule has 1 saturated heterocycles. The zero-order chi connectivity index (χ0) is 21.6. The zero-order valence-electron chi connectivity index (χ0n) is 18.5. The molecule has 1 fully saturated rings. The van der Waals surface area contributed by atoms with Gasteiger partial charge in [0, 0.05) is 37.4 Å². The average Bonchev–Trinajstić information content (AvgIpc) is 3.18. The summed E-state index contributed by atoms with van der Waals surface area (Å²) >= 11 is 1.74. The Labute approximate surface area is 188 Å². The van der Waals surface area contributed by atoms with E-state index in [1.165, 1.54) is 5.56 Å². The maximum absolute atomic E-state index is 5.63. The van der Waals surface area contributed by atoms with E-state index in [9.17, 15) is 0 Å². The van der Waals surface area contributed by atoms with Gasteiger partial charge in [0.15, 0.2) is 16.7 Å². The summed E-state index contributed by atoms with van der Waals surface area (Å²) in [6.45, 7) is 2.88. The van der Waals surface area contributed by atoms with Gasteiger partial charge < -0.3 is 14.0 Å². The van der Waals surface area contributed by atoms with Crippen molar-refractivity contribution in [3.63, 3.8) is 0 Å². The van der Waals surface area contributed by atoms with Crippen LogP contribution in [0.1, 0.15) is 35.7 Å². The van der Waals surface area contributed by atoms with E-state index in [0.29, 0.717) is 5.92 Å². The van der Waals surface area contributed by atoms with Crippen molar-refractivity contribution >= 4 is 11.8 Å². The lowest BCUT2D eigenvalue weighted by Gasteiger charge is -2.32. The summed E-state index contributed by atoms with van der Waals surface area (Å²) in [4.78, 5) is 2.48. The molecule has 1 aromatic heterocycles. The van der Waals surface area contributed by atoms with E-state index in [1.54, 1.807) is 26.0 Å². The van der Waals surface area contributed by atoms with E-state index in [-0.39, 0.29) is 0 Å². The number of ether oxygens (including phenoxy) is 2. The molecule has 0 aliphatic carbocycles. The summed E-state index contributed by atoms with van der Waals surface area (Å²) in [5.41, 5.74) is 2.45. The SMILES string of the molecule is COc1cccc(CN2CCCC(c3nnc(SCc4ccccc4)n3C)C2)c1OC. The third-order valence-electron chi connectivity index (χ3n) is 5.83. The highest BCUT2D eigenvalue weighted by Crippen LogP contribution is 2.34. The summed E-state index contributed by atoms with van der Waals surface area (Å²) in [5, 5.41) is 10.0. The second-order valence-corrected chi connectivity index (χ2v) is 8.84. The predicted molar refractivity (Wildman–Crippen MR) is 124 cm³/mol. The molecule has 0 saturated carbocycles. The van der Waals surface area contributed by atoms with Crippen LogP contribution in [-0.2, 0) is 19.3 Å². The normalized spacial score (nSPS) is 16.9. The van der Waals surface area contributed by atoms with E-state index in [0.717, 1.165) is 66.3 Å². The molecule has 1 unspecified atom stereocenters. The first-order valence-electron chi connectivity index (χ1n) is 10.7. The lowest BCUT2D eigenvalue weighted by atomic mass is 9.96. The van der Waals surface area contributed by atoms with Gasteiger partial charge in [0.25, 0.3) is 0 Å². The fourth-order valence-electron chi connectivity index (χ4n) is 4.26. The summed E-state index contributed by atoms with van der Waals surface area (Å²) in [7, 11) is 5.47. The van der Waals surface area contributed by atoms with Gasteiger partial charge in [-0.15, -0.1) is 10.2 Å². The molecule has 31 heavy (non-hydrogen) atoms. The van der Waals surface area contributed by atoms with Crippen molar-refractivity contribution in [1.82, 2.24) is 19.7 Å². The Morgan fingerprint density at radius 3 is 2.65 bits per heavy atom. The van der Waals surface area contributed by atoms with Crippen molar-refractivity contribution < 1.29 is 9.47 Å². The van der Waals surface area contributed by atoms with Gasteiger partial charge in [0.2, 0.25) is 0 Å². The van der Waals surface area contributed by atoms with Crippen LogP contribution in [0, 0.1) is 0 Å². The number of aromatic nitrogens is 3. The standard InChI is InChI=1S/C24H30N4O2S/c1-27-23(25-26-24(27)31-17-18-9-5-4-6-10-18)20-12-8-14-28(16-20)15-19-11-7-13-21(29-2)22(19)30-3/h4-7,9-11,13,20H,8,12,14-17H2,1-3H3. The maximum Gasteiger partial charge on any atom is 0.191 e. The Morgan fingerprint density at radius 2 is 1.87 bits per heavy atom. The molecular weight excluding hydrogens is 408 g/mol. The molecule has 1 aliphatic rings. The van der Waals surface area contributed by atoms with E-state index >= 15 is 0 Å². The molecular formula is C24H30N4O2S. The predicted octanol–water partition coefficient (Wildman–Crippen LogP) is 4.50. The highest BCUT2D eigenvalue weighted by Gasteiger charge is 2.27. The largest absolute Gasteiger partial charge is 0.493 e. The highest BCUT2D eigenvalue weighted by molar-refractivity contribution is 7.98. The summed E-state index contributed by atoms with van der Waals surface area (Å²) < 4.78 is 13.3.